The highest BCUT2D eigenvalue weighted by molar-refractivity contribution is 6.23. The van der Waals surface area contributed by atoms with Crippen LogP contribution in [-0.2, 0) is 11.8 Å². The van der Waals surface area contributed by atoms with Crippen LogP contribution in [0.25, 0.3) is 66.4 Å². The summed E-state index contributed by atoms with van der Waals surface area (Å²) in [6.07, 6.45) is 4.26. The van der Waals surface area contributed by atoms with Gasteiger partial charge in [-0.05, 0) is 124 Å². The van der Waals surface area contributed by atoms with Gasteiger partial charge in [0.1, 0.15) is 5.75 Å². The van der Waals surface area contributed by atoms with Crippen LogP contribution in [-0.4, -0.2) is 10.2 Å². The quantitative estimate of drug-likeness (QED) is 0.136. The highest BCUT2D eigenvalue weighted by Gasteiger charge is 2.46. The summed E-state index contributed by atoms with van der Waals surface area (Å²) in [7, 11) is 0. The van der Waals surface area contributed by atoms with Crippen molar-refractivity contribution in [1.29, 1.82) is 0 Å². The van der Waals surface area contributed by atoms with Gasteiger partial charge in [-0.15, -0.1) is 0 Å². The van der Waals surface area contributed by atoms with E-state index in [1.807, 2.05) is 12.1 Å². The van der Waals surface area contributed by atoms with Crippen molar-refractivity contribution >= 4 is 55.2 Å². The molecule has 0 radical (unpaired) electrons. The highest BCUT2D eigenvalue weighted by Crippen LogP contribution is 2.56. The molecule has 2 nitrogen and oxygen atoms in total. The van der Waals surface area contributed by atoms with Gasteiger partial charge in [-0.2, -0.15) is 0 Å². The van der Waals surface area contributed by atoms with Crippen LogP contribution in [0, 0.1) is 0 Å². The average molecular weight is 681 g/mol. The molecule has 0 aromatic heterocycles. The van der Waals surface area contributed by atoms with E-state index in [0.717, 1.165) is 38.6 Å². The fraction of sp³-hybridized carbons (Fsp3) is 0.0588. The van der Waals surface area contributed by atoms with Crippen LogP contribution in [0.3, 0.4) is 0 Å². The van der Waals surface area contributed by atoms with Crippen molar-refractivity contribution in [3.05, 3.63) is 209 Å². The van der Waals surface area contributed by atoms with Gasteiger partial charge in [0.25, 0.3) is 0 Å². The molecule has 2 heteroatoms. The van der Waals surface area contributed by atoms with Crippen molar-refractivity contribution in [3.63, 3.8) is 0 Å². The number of aliphatic hydroxyl groups is 1. The molecular formula is C51H36O2. The number of phenolic OH excluding ortho intramolecular Hbond substituents is 1. The molecule has 0 fully saturated rings. The first-order valence-corrected chi connectivity index (χ1v) is 18.2. The van der Waals surface area contributed by atoms with Gasteiger partial charge in [0.15, 0.2) is 0 Å². The van der Waals surface area contributed by atoms with E-state index in [9.17, 15) is 10.2 Å². The lowest BCUT2D eigenvalue weighted by Crippen LogP contribution is -2.28. The molecule has 0 atom stereocenters. The van der Waals surface area contributed by atoms with Crippen LogP contribution in [0.1, 0.15) is 51.4 Å². The highest BCUT2D eigenvalue weighted by atomic mass is 16.3. The summed E-state index contributed by atoms with van der Waals surface area (Å²) in [4.78, 5) is 0. The molecule has 0 saturated heterocycles. The van der Waals surface area contributed by atoms with Crippen molar-refractivity contribution < 1.29 is 10.2 Å². The van der Waals surface area contributed by atoms with Gasteiger partial charge in [-0.3, -0.25) is 0 Å². The molecule has 2 N–H and O–H groups in total. The fourth-order valence-electron chi connectivity index (χ4n) is 9.31. The zero-order chi connectivity index (χ0) is 35.8. The topological polar surface area (TPSA) is 40.5 Å². The first-order chi connectivity index (χ1) is 25.9. The second-order valence-corrected chi connectivity index (χ2v) is 14.4. The third-order valence-corrected chi connectivity index (χ3v) is 11.6. The number of aliphatic hydroxyl groups excluding tert-OH is 1. The van der Waals surface area contributed by atoms with E-state index in [4.69, 9.17) is 0 Å². The Labute approximate surface area is 308 Å². The van der Waals surface area contributed by atoms with E-state index in [1.54, 1.807) is 13.0 Å². The largest absolute Gasteiger partial charge is 0.513 e. The molecule has 0 amide bonds. The van der Waals surface area contributed by atoms with Gasteiger partial charge in [0.2, 0.25) is 0 Å². The van der Waals surface area contributed by atoms with E-state index >= 15 is 0 Å². The van der Waals surface area contributed by atoms with Crippen LogP contribution in [0.4, 0.5) is 0 Å². The van der Waals surface area contributed by atoms with Crippen molar-refractivity contribution in [3.8, 4) is 16.9 Å². The van der Waals surface area contributed by atoms with Gasteiger partial charge in [0.05, 0.1) is 11.2 Å². The Morgan fingerprint density at radius 2 is 1.19 bits per heavy atom. The number of aromatic hydroxyl groups is 1. The molecular weight excluding hydrogens is 645 g/mol. The number of allylic oxidation sites excluding steroid dienone is 1. The molecule has 0 bridgehead atoms. The van der Waals surface area contributed by atoms with E-state index < -0.39 is 5.41 Å². The van der Waals surface area contributed by atoms with Crippen LogP contribution in [0.5, 0.6) is 5.75 Å². The number of hydrogen-bond donors (Lipinski definition) is 2. The minimum absolute atomic E-state index is 0.253. The molecule has 0 spiro atoms. The third kappa shape index (κ3) is 4.52. The molecule has 252 valence electrons. The SMILES string of the molecule is C=Cc1cc(C2(c3ccc4c(Cc5ccc6ccc7cccc8ccc5c6c78)c(O)ccc4c3)c3ccccc3-c3ccccc32)ccc1/C=C(\C)O. The zero-order valence-electron chi connectivity index (χ0n) is 29.4. The number of fused-ring (bicyclic) bond motifs is 4. The van der Waals surface area contributed by atoms with Gasteiger partial charge in [-0.25, -0.2) is 0 Å². The molecule has 0 heterocycles. The van der Waals surface area contributed by atoms with E-state index in [-0.39, 0.29) is 5.76 Å². The molecule has 9 aromatic carbocycles. The van der Waals surface area contributed by atoms with Crippen LogP contribution >= 0.6 is 0 Å². The zero-order valence-corrected chi connectivity index (χ0v) is 29.4. The Morgan fingerprint density at radius 3 is 1.91 bits per heavy atom. The summed E-state index contributed by atoms with van der Waals surface area (Å²) < 4.78 is 0. The monoisotopic (exact) mass is 680 g/mol. The normalized spacial score (nSPS) is 13.6. The Hall–Kier alpha value is -6.64. The van der Waals surface area contributed by atoms with Crippen molar-refractivity contribution in [2.45, 2.75) is 18.8 Å². The van der Waals surface area contributed by atoms with E-state index in [1.165, 1.54) is 60.1 Å². The van der Waals surface area contributed by atoms with Gasteiger partial charge < -0.3 is 10.2 Å². The van der Waals surface area contributed by atoms with Gasteiger partial charge in [0, 0.05) is 12.0 Å². The summed E-state index contributed by atoms with van der Waals surface area (Å²) in [5.41, 5.74) is 10.6. The van der Waals surface area contributed by atoms with Gasteiger partial charge >= 0.3 is 0 Å². The molecule has 1 aliphatic rings. The number of rotatable bonds is 6. The molecule has 9 aromatic rings. The summed E-state index contributed by atoms with van der Waals surface area (Å²) in [5.74, 6) is 0.559. The van der Waals surface area contributed by atoms with Crippen molar-refractivity contribution in [2.75, 3.05) is 0 Å². The predicted octanol–water partition coefficient (Wildman–Crippen LogP) is 13.0. The van der Waals surface area contributed by atoms with Crippen molar-refractivity contribution in [1.82, 2.24) is 0 Å². The van der Waals surface area contributed by atoms with Gasteiger partial charge in [-0.1, -0.05) is 146 Å². The lowest BCUT2D eigenvalue weighted by Gasteiger charge is -2.34. The number of phenols is 1. The fourth-order valence-corrected chi connectivity index (χ4v) is 9.31. The van der Waals surface area contributed by atoms with E-state index in [0.29, 0.717) is 12.2 Å². The van der Waals surface area contributed by atoms with Crippen LogP contribution in [0.15, 0.2) is 164 Å². The smallest absolute Gasteiger partial charge is 0.119 e. The van der Waals surface area contributed by atoms with Crippen molar-refractivity contribution in [2.24, 2.45) is 0 Å². The molecule has 0 aliphatic heterocycles. The maximum atomic E-state index is 11.5. The molecule has 1 aliphatic carbocycles. The standard InChI is InChI=1S/C51H36O2/c1-3-32-28-39(22-19-36(32)27-31(2)52)51(46-13-6-4-11-43(46)44-12-5-7-14-47(44)51)40-23-25-41-37(29-40)21-26-48(53)45(41)30-38-18-17-35-16-15-33-9-8-10-34-20-24-42(38)50(35)49(33)34/h3-29,52-53H,1,30H2,2H3/b31-27+. The Kier molecular flexibility index (Phi) is 6.87. The molecule has 53 heavy (non-hydrogen) atoms. The Morgan fingerprint density at radius 1 is 0.585 bits per heavy atom. The summed E-state index contributed by atoms with van der Waals surface area (Å²) in [6, 6.07) is 54.5. The average Bonchev–Trinajstić information content (AvgIpc) is 3.49. The lowest BCUT2D eigenvalue weighted by molar-refractivity contribution is 0.420. The second kappa shape index (κ2) is 11.7. The third-order valence-electron chi connectivity index (χ3n) is 11.6. The second-order valence-electron chi connectivity index (χ2n) is 14.4. The predicted molar refractivity (Wildman–Crippen MR) is 222 cm³/mol. The minimum Gasteiger partial charge on any atom is -0.513 e. The first-order valence-electron chi connectivity index (χ1n) is 18.2. The van der Waals surface area contributed by atoms with Crippen LogP contribution in [0.2, 0.25) is 0 Å². The molecule has 10 rings (SSSR count). The van der Waals surface area contributed by atoms with Crippen LogP contribution < -0.4 is 0 Å². The van der Waals surface area contributed by atoms with E-state index in [2.05, 4.69) is 152 Å². The maximum absolute atomic E-state index is 11.5. The minimum atomic E-state index is -0.611. The number of hydrogen-bond acceptors (Lipinski definition) is 2. The first kappa shape index (κ1) is 31.1. The molecule has 0 unspecified atom stereocenters. The summed E-state index contributed by atoms with van der Waals surface area (Å²) in [6.45, 7) is 5.84. The Bertz CT molecular complexity index is 2920. The molecule has 0 saturated carbocycles. The maximum Gasteiger partial charge on any atom is 0.119 e. The number of benzene rings is 9. The lowest BCUT2D eigenvalue weighted by atomic mass is 9.67. The Balaban J connectivity index is 1.19. The summed E-state index contributed by atoms with van der Waals surface area (Å²) in [5, 5.41) is 31.3. The summed E-state index contributed by atoms with van der Waals surface area (Å²) >= 11 is 0.